The first-order chi connectivity index (χ1) is 8.79. The van der Waals surface area contributed by atoms with Crippen LogP contribution >= 0.6 is 12.4 Å². The molecule has 0 saturated carbocycles. The lowest BCUT2D eigenvalue weighted by molar-refractivity contribution is 0.633. The number of benzene rings is 1. The van der Waals surface area contributed by atoms with E-state index in [-0.39, 0.29) is 24.5 Å². The van der Waals surface area contributed by atoms with Crippen LogP contribution < -0.4 is 5.73 Å². The molecule has 2 heterocycles. The minimum Gasteiger partial charge on any atom is -0.324 e. The molecule has 2 aromatic heterocycles. The zero-order chi connectivity index (χ0) is 12.5. The highest BCUT2D eigenvalue weighted by Gasteiger charge is 2.10. The molecule has 19 heavy (non-hydrogen) atoms. The van der Waals surface area contributed by atoms with E-state index in [1.54, 1.807) is 6.07 Å². The minimum absolute atomic E-state index is 0. The van der Waals surface area contributed by atoms with Gasteiger partial charge in [-0.05, 0) is 6.07 Å². The summed E-state index contributed by atoms with van der Waals surface area (Å²) in [5.41, 5.74) is 6.76. The Morgan fingerprint density at radius 3 is 2.74 bits per heavy atom. The first-order valence-electron chi connectivity index (χ1n) is 5.29. The Labute approximate surface area is 113 Å². The highest BCUT2D eigenvalue weighted by Crippen LogP contribution is 2.18. The van der Waals surface area contributed by atoms with Crippen LogP contribution in [0.2, 0.25) is 0 Å². The predicted molar refractivity (Wildman–Crippen MR) is 69.6 cm³/mol. The molecule has 0 unspecified atom stereocenters. The van der Waals surface area contributed by atoms with Crippen LogP contribution in [0.25, 0.3) is 16.7 Å². The summed E-state index contributed by atoms with van der Waals surface area (Å²) in [7, 11) is 0. The number of nitrogens with two attached hydrogens (primary N) is 1. The van der Waals surface area contributed by atoms with E-state index in [1.807, 2.05) is 0 Å². The van der Waals surface area contributed by atoms with Crippen molar-refractivity contribution in [3.63, 3.8) is 0 Å². The lowest BCUT2D eigenvalue weighted by Crippen LogP contribution is -2.08. The Balaban J connectivity index is 0.00000133. The average molecular weight is 281 g/mol. The van der Waals surface area contributed by atoms with Crippen molar-refractivity contribution in [2.75, 3.05) is 0 Å². The van der Waals surface area contributed by atoms with Gasteiger partial charge in [-0.2, -0.15) is 5.10 Å². The number of nitrogens with zero attached hydrogens (tertiary/aromatic N) is 5. The van der Waals surface area contributed by atoms with Crippen LogP contribution in [0.4, 0.5) is 4.39 Å². The fourth-order valence-corrected chi connectivity index (χ4v) is 1.76. The normalized spacial score (nSPS) is 10.4. The minimum atomic E-state index is -0.450. The van der Waals surface area contributed by atoms with Crippen molar-refractivity contribution in [2.24, 2.45) is 5.73 Å². The second-order valence-electron chi connectivity index (χ2n) is 3.64. The Morgan fingerprint density at radius 1 is 1.16 bits per heavy atom. The summed E-state index contributed by atoms with van der Waals surface area (Å²) in [6.07, 6.45) is 4.34. The summed E-state index contributed by atoms with van der Waals surface area (Å²) in [5.74, 6) is 0.103. The fourth-order valence-electron chi connectivity index (χ4n) is 1.76. The Bertz CT molecular complexity index is 713. The monoisotopic (exact) mass is 280 g/mol. The SMILES string of the molecule is Cl.NCc1ncnn1-c1cc(F)c2nccnc2c1. The summed E-state index contributed by atoms with van der Waals surface area (Å²) in [5, 5.41) is 4.02. The summed E-state index contributed by atoms with van der Waals surface area (Å²) < 4.78 is 15.4. The lowest BCUT2D eigenvalue weighted by Gasteiger charge is -2.06. The van der Waals surface area contributed by atoms with E-state index in [9.17, 15) is 4.39 Å². The van der Waals surface area contributed by atoms with Crippen molar-refractivity contribution in [1.82, 2.24) is 24.7 Å². The number of fused-ring (bicyclic) bond motifs is 1. The molecule has 0 atom stereocenters. The molecule has 0 amide bonds. The van der Waals surface area contributed by atoms with Crippen molar-refractivity contribution in [1.29, 1.82) is 0 Å². The maximum atomic E-state index is 13.9. The van der Waals surface area contributed by atoms with Crippen LogP contribution in [-0.4, -0.2) is 24.7 Å². The largest absolute Gasteiger partial charge is 0.324 e. The second-order valence-corrected chi connectivity index (χ2v) is 3.64. The van der Waals surface area contributed by atoms with Gasteiger partial charge in [-0.15, -0.1) is 12.4 Å². The smallest absolute Gasteiger partial charge is 0.153 e. The molecule has 0 aliphatic rings. The fraction of sp³-hybridized carbons (Fsp3) is 0.0909. The maximum absolute atomic E-state index is 13.9. The molecule has 2 N–H and O–H groups in total. The van der Waals surface area contributed by atoms with E-state index in [4.69, 9.17) is 5.73 Å². The van der Waals surface area contributed by atoms with Gasteiger partial charge in [0.05, 0.1) is 17.7 Å². The third-order valence-corrected chi connectivity index (χ3v) is 2.56. The summed E-state index contributed by atoms with van der Waals surface area (Å²) in [6.45, 7) is 0.222. The van der Waals surface area contributed by atoms with E-state index in [1.165, 1.54) is 29.5 Å². The van der Waals surface area contributed by atoms with Crippen LogP contribution in [0.3, 0.4) is 0 Å². The topological polar surface area (TPSA) is 82.5 Å². The highest BCUT2D eigenvalue weighted by atomic mass is 35.5. The maximum Gasteiger partial charge on any atom is 0.153 e. The molecule has 0 bridgehead atoms. The Kier molecular flexibility index (Phi) is 3.68. The molecule has 3 rings (SSSR count). The van der Waals surface area contributed by atoms with Gasteiger partial charge in [0.2, 0.25) is 0 Å². The van der Waals surface area contributed by atoms with Gasteiger partial charge in [-0.3, -0.25) is 4.98 Å². The van der Waals surface area contributed by atoms with Crippen LogP contribution in [0, 0.1) is 5.82 Å². The molecule has 0 spiro atoms. The van der Waals surface area contributed by atoms with Gasteiger partial charge in [-0.25, -0.2) is 19.0 Å². The third-order valence-electron chi connectivity index (χ3n) is 2.56. The van der Waals surface area contributed by atoms with E-state index >= 15 is 0 Å². The summed E-state index contributed by atoms with van der Waals surface area (Å²) >= 11 is 0. The van der Waals surface area contributed by atoms with Gasteiger partial charge < -0.3 is 5.73 Å². The predicted octanol–water partition coefficient (Wildman–Crippen LogP) is 1.23. The van der Waals surface area contributed by atoms with Crippen LogP contribution in [0.5, 0.6) is 0 Å². The van der Waals surface area contributed by atoms with Gasteiger partial charge in [0.25, 0.3) is 0 Å². The standard InChI is InChI=1S/C11H9FN6.ClH/c12-8-3-7(18-10(5-13)16-6-17-18)4-9-11(8)15-2-1-14-9;/h1-4,6H,5,13H2;1H. The molecule has 6 nitrogen and oxygen atoms in total. The van der Waals surface area contributed by atoms with Crippen molar-refractivity contribution < 1.29 is 4.39 Å². The number of hydrogen-bond donors (Lipinski definition) is 1. The van der Waals surface area contributed by atoms with Crippen molar-refractivity contribution in [2.45, 2.75) is 6.54 Å². The van der Waals surface area contributed by atoms with E-state index in [0.717, 1.165) is 0 Å². The lowest BCUT2D eigenvalue weighted by atomic mass is 10.2. The molecule has 0 fully saturated rings. The molecule has 0 saturated heterocycles. The van der Waals surface area contributed by atoms with Gasteiger partial charge >= 0.3 is 0 Å². The van der Waals surface area contributed by atoms with Crippen LogP contribution in [0.15, 0.2) is 30.9 Å². The highest BCUT2D eigenvalue weighted by molar-refractivity contribution is 5.85. The van der Waals surface area contributed by atoms with Gasteiger partial charge in [0, 0.05) is 18.5 Å². The Hall–Kier alpha value is -2.12. The van der Waals surface area contributed by atoms with Crippen molar-refractivity contribution >= 4 is 23.4 Å². The molecule has 0 radical (unpaired) electrons. The quantitative estimate of drug-likeness (QED) is 0.763. The van der Waals surface area contributed by atoms with Crippen LogP contribution in [0.1, 0.15) is 5.82 Å². The van der Waals surface area contributed by atoms with Crippen molar-refractivity contribution in [3.05, 3.63) is 42.5 Å². The van der Waals surface area contributed by atoms with Gasteiger partial charge in [0.1, 0.15) is 17.7 Å². The third kappa shape index (κ3) is 2.25. The molecule has 0 aliphatic carbocycles. The van der Waals surface area contributed by atoms with E-state index in [0.29, 0.717) is 17.0 Å². The molecule has 1 aromatic carbocycles. The zero-order valence-corrected chi connectivity index (χ0v) is 10.5. The number of hydrogen-bond acceptors (Lipinski definition) is 5. The first kappa shape index (κ1) is 13.3. The van der Waals surface area contributed by atoms with Crippen molar-refractivity contribution in [3.8, 4) is 5.69 Å². The molecular formula is C11H10ClFN6. The first-order valence-corrected chi connectivity index (χ1v) is 5.29. The van der Waals surface area contributed by atoms with E-state index in [2.05, 4.69) is 20.1 Å². The molecule has 8 heteroatoms. The number of rotatable bonds is 2. The average Bonchev–Trinajstić information content (AvgIpc) is 2.87. The van der Waals surface area contributed by atoms with Gasteiger partial charge in [0.15, 0.2) is 5.82 Å². The van der Waals surface area contributed by atoms with E-state index < -0.39 is 5.82 Å². The molecule has 0 aliphatic heterocycles. The summed E-state index contributed by atoms with van der Waals surface area (Å²) in [6, 6.07) is 3.03. The summed E-state index contributed by atoms with van der Waals surface area (Å²) in [4.78, 5) is 12.0. The number of halogens is 2. The number of aromatic nitrogens is 5. The van der Waals surface area contributed by atoms with Crippen LogP contribution in [-0.2, 0) is 6.54 Å². The molecule has 3 aromatic rings. The van der Waals surface area contributed by atoms with Gasteiger partial charge in [-0.1, -0.05) is 0 Å². The molecule has 98 valence electrons. The Morgan fingerprint density at radius 2 is 1.95 bits per heavy atom. The molecular weight excluding hydrogens is 271 g/mol. The zero-order valence-electron chi connectivity index (χ0n) is 9.69. The second kappa shape index (κ2) is 5.25.